The van der Waals surface area contributed by atoms with Crippen LogP contribution < -0.4 is 11.3 Å². The number of H-pyrrole nitrogens is 1. The van der Waals surface area contributed by atoms with Gasteiger partial charge in [-0.05, 0) is 18.3 Å². The Kier molecular flexibility index (Phi) is 4.42. The summed E-state index contributed by atoms with van der Waals surface area (Å²) >= 11 is 0. The third-order valence-corrected chi connectivity index (χ3v) is 4.41. The zero-order valence-corrected chi connectivity index (χ0v) is 13.4. The molecule has 2 rings (SSSR count). The first kappa shape index (κ1) is 16.7. The first-order chi connectivity index (χ1) is 10.1. The molecule has 0 aliphatic rings. The molecule has 2 heterocycles. The highest BCUT2D eigenvalue weighted by Crippen LogP contribution is 2.40. The van der Waals surface area contributed by atoms with Gasteiger partial charge in [0, 0.05) is 6.54 Å². The van der Waals surface area contributed by atoms with Gasteiger partial charge < -0.3 is 20.1 Å². The summed E-state index contributed by atoms with van der Waals surface area (Å²) in [7, 11) is -3.99. The largest absolute Gasteiger partial charge is 0.369 e. The van der Waals surface area contributed by atoms with Crippen molar-refractivity contribution in [1.82, 2.24) is 19.5 Å². The van der Waals surface area contributed by atoms with E-state index in [1.165, 1.54) is 6.33 Å². The van der Waals surface area contributed by atoms with Crippen molar-refractivity contribution in [2.45, 2.75) is 33.2 Å². The fraction of sp³-hybridized carbons (Fsp3) is 0.583. The van der Waals surface area contributed by atoms with Crippen molar-refractivity contribution in [1.29, 1.82) is 0 Å². The third-order valence-electron chi connectivity index (χ3n) is 3.60. The number of nitrogen functional groups attached to an aromatic ring is 1. The molecule has 122 valence electrons. The second-order valence-electron chi connectivity index (χ2n) is 6.11. The number of imidazole rings is 1. The van der Waals surface area contributed by atoms with E-state index in [1.807, 2.05) is 13.8 Å². The number of nitrogens with one attached hydrogen (secondary N) is 1. The van der Waals surface area contributed by atoms with Gasteiger partial charge in [0.05, 0.1) is 12.5 Å². The Morgan fingerprint density at radius 2 is 2.09 bits per heavy atom. The van der Waals surface area contributed by atoms with Crippen molar-refractivity contribution in [3.8, 4) is 0 Å². The Bertz CT molecular complexity index is 775. The van der Waals surface area contributed by atoms with Gasteiger partial charge >= 0.3 is 7.60 Å². The van der Waals surface area contributed by atoms with Crippen molar-refractivity contribution in [2.75, 3.05) is 11.9 Å². The van der Waals surface area contributed by atoms with Crippen molar-refractivity contribution in [2.24, 2.45) is 5.41 Å². The number of aromatic nitrogens is 4. The lowest BCUT2D eigenvalue weighted by Crippen LogP contribution is -2.17. The highest BCUT2D eigenvalue weighted by Gasteiger charge is 2.23. The third kappa shape index (κ3) is 4.16. The topological polar surface area (TPSA) is 147 Å². The number of nitrogens with zero attached hydrogens (tertiary/aromatic N) is 3. The molecule has 0 atom stereocenters. The van der Waals surface area contributed by atoms with Crippen molar-refractivity contribution >= 4 is 24.7 Å². The van der Waals surface area contributed by atoms with Crippen molar-refractivity contribution in [3.63, 3.8) is 0 Å². The molecule has 0 aliphatic carbocycles. The lowest BCUT2D eigenvalue weighted by atomic mass is 9.86. The number of hydrogen-bond acceptors (Lipinski definition) is 5. The molecule has 0 aromatic carbocycles. The first-order valence-electron chi connectivity index (χ1n) is 6.83. The molecule has 0 saturated carbocycles. The summed E-state index contributed by atoms with van der Waals surface area (Å²) in [6.07, 6.45) is 2.44. The quantitative estimate of drug-likeness (QED) is 0.570. The lowest BCUT2D eigenvalue weighted by molar-refractivity contribution is 0.291. The summed E-state index contributed by atoms with van der Waals surface area (Å²) in [5.74, 6) is 0.0278. The maximum atomic E-state index is 11.7. The van der Waals surface area contributed by atoms with Crippen LogP contribution in [0.5, 0.6) is 0 Å². The molecule has 0 bridgehead atoms. The van der Waals surface area contributed by atoms with Crippen LogP contribution in [0.4, 0.5) is 5.95 Å². The van der Waals surface area contributed by atoms with E-state index in [2.05, 4.69) is 15.0 Å². The van der Waals surface area contributed by atoms with Gasteiger partial charge in [-0.25, -0.2) is 4.98 Å². The molecular weight excluding hydrogens is 309 g/mol. The highest BCUT2D eigenvalue weighted by atomic mass is 31.2. The van der Waals surface area contributed by atoms with Crippen LogP contribution in [0.3, 0.4) is 0 Å². The van der Waals surface area contributed by atoms with E-state index >= 15 is 0 Å². The molecule has 10 heteroatoms. The number of aromatic amines is 1. The Labute approximate surface area is 126 Å². The van der Waals surface area contributed by atoms with Crippen LogP contribution in [0.1, 0.15) is 26.7 Å². The predicted molar refractivity (Wildman–Crippen MR) is 82.5 cm³/mol. The summed E-state index contributed by atoms with van der Waals surface area (Å²) in [4.78, 5) is 40.1. The minimum Gasteiger partial charge on any atom is -0.369 e. The zero-order valence-electron chi connectivity index (χ0n) is 12.5. The van der Waals surface area contributed by atoms with E-state index in [0.29, 0.717) is 25.0 Å². The molecule has 2 aromatic rings. The summed E-state index contributed by atoms with van der Waals surface area (Å²) in [5, 5.41) is 0. The number of nitrogens with two attached hydrogens (primary N) is 1. The van der Waals surface area contributed by atoms with E-state index in [1.54, 1.807) is 4.57 Å². The normalized spacial score (nSPS) is 12.9. The van der Waals surface area contributed by atoms with Gasteiger partial charge in [0.15, 0.2) is 11.2 Å². The molecule has 9 nitrogen and oxygen atoms in total. The van der Waals surface area contributed by atoms with Crippen LogP contribution in [0, 0.1) is 5.41 Å². The average Bonchev–Trinajstić information content (AvgIpc) is 2.77. The fourth-order valence-electron chi connectivity index (χ4n) is 2.13. The van der Waals surface area contributed by atoms with Crippen LogP contribution >= 0.6 is 7.60 Å². The second kappa shape index (κ2) is 5.83. The lowest BCUT2D eigenvalue weighted by Gasteiger charge is -2.24. The molecule has 0 amide bonds. The van der Waals surface area contributed by atoms with Gasteiger partial charge in [-0.2, -0.15) is 4.98 Å². The molecular formula is C12H20N5O4P. The minimum atomic E-state index is -3.99. The number of anilines is 1. The van der Waals surface area contributed by atoms with Crippen molar-refractivity contribution < 1.29 is 14.4 Å². The van der Waals surface area contributed by atoms with E-state index in [4.69, 9.17) is 15.5 Å². The Hall–Kier alpha value is -1.70. The SMILES string of the molecule is CC(C)(CCn1cnc2c(=O)[nH]c(N)nc21)CCP(=O)(O)O. The van der Waals surface area contributed by atoms with Crippen LogP contribution in [0.2, 0.25) is 0 Å². The molecule has 0 saturated heterocycles. The monoisotopic (exact) mass is 329 g/mol. The predicted octanol–water partition coefficient (Wildman–Crippen LogP) is 0.686. The Balaban J connectivity index is 2.11. The van der Waals surface area contributed by atoms with Gasteiger partial charge in [0.25, 0.3) is 5.56 Å². The van der Waals surface area contributed by atoms with Crippen LogP contribution in [0.25, 0.3) is 11.2 Å². The maximum absolute atomic E-state index is 11.7. The summed E-state index contributed by atoms with van der Waals surface area (Å²) in [6.45, 7) is 4.41. The molecule has 0 radical (unpaired) electrons. The molecule has 0 spiro atoms. The van der Waals surface area contributed by atoms with E-state index in [0.717, 1.165) is 0 Å². The van der Waals surface area contributed by atoms with E-state index in [-0.39, 0.29) is 28.6 Å². The van der Waals surface area contributed by atoms with Gasteiger partial charge in [-0.1, -0.05) is 13.8 Å². The van der Waals surface area contributed by atoms with Gasteiger partial charge in [0.2, 0.25) is 5.95 Å². The maximum Gasteiger partial charge on any atom is 0.325 e. The summed E-state index contributed by atoms with van der Waals surface area (Å²) < 4.78 is 12.7. The van der Waals surface area contributed by atoms with Gasteiger partial charge in [0.1, 0.15) is 0 Å². The fourth-order valence-corrected chi connectivity index (χ4v) is 3.03. The zero-order chi connectivity index (χ0) is 16.5. The first-order valence-corrected chi connectivity index (χ1v) is 8.62. The molecule has 0 aliphatic heterocycles. The van der Waals surface area contributed by atoms with Crippen molar-refractivity contribution in [3.05, 3.63) is 16.7 Å². The number of hydrogen-bond donors (Lipinski definition) is 4. The van der Waals surface area contributed by atoms with Crippen LogP contribution in [-0.2, 0) is 11.1 Å². The van der Waals surface area contributed by atoms with Gasteiger partial charge in [-0.15, -0.1) is 0 Å². The second-order valence-corrected chi connectivity index (χ2v) is 7.89. The molecule has 5 N–H and O–H groups in total. The standard InChI is InChI=1S/C12H20N5O4P/c1-12(2,4-6-22(19,20)21)3-5-17-7-14-8-9(17)15-11(13)16-10(8)18/h7H,3-6H2,1-2H3,(H2,19,20,21)(H3,13,15,16,18). The molecule has 0 unspecified atom stereocenters. The molecule has 0 fully saturated rings. The summed E-state index contributed by atoms with van der Waals surface area (Å²) in [6, 6.07) is 0. The van der Waals surface area contributed by atoms with Crippen LogP contribution in [0.15, 0.2) is 11.1 Å². The number of fused-ring (bicyclic) bond motifs is 1. The Morgan fingerprint density at radius 3 is 2.73 bits per heavy atom. The number of aryl methyl sites for hydroxylation is 1. The Morgan fingerprint density at radius 1 is 1.41 bits per heavy atom. The van der Waals surface area contributed by atoms with E-state index in [9.17, 15) is 9.36 Å². The van der Waals surface area contributed by atoms with Gasteiger partial charge in [-0.3, -0.25) is 14.3 Å². The summed E-state index contributed by atoms with van der Waals surface area (Å²) in [5.41, 5.74) is 5.52. The molecule has 2 aromatic heterocycles. The van der Waals surface area contributed by atoms with Crippen LogP contribution in [-0.4, -0.2) is 35.5 Å². The molecule has 22 heavy (non-hydrogen) atoms. The smallest absolute Gasteiger partial charge is 0.325 e. The van der Waals surface area contributed by atoms with E-state index < -0.39 is 7.60 Å². The highest BCUT2D eigenvalue weighted by molar-refractivity contribution is 7.51. The number of rotatable bonds is 6. The average molecular weight is 329 g/mol. The minimum absolute atomic E-state index is 0.0278.